The molecule has 1 unspecified atom stereocenters. The van der Waals surface area contributed by atoms with E-state index >= 15 is 0 Å². The Bertz CT molecular complexity index is 406. The Morgan fingerprint density at radius 2 is 1.54 bits per heavy atom. The first-order valence-electron chi connectivity index (χ1n) is 10.6. The standard InChI is InChI=1S/C14H28O2.C6H14N4O2/c1-3-5-6-7-8-9-10-11-12-13-14(15)16-4-2;7-4(5(11)12)2-1-3-10-6(8)9/h3-13H2,1-2H3;4H,1-3,7H2,(H,11,12)(H4,8,9,10). The summed E-state index contributed by atoms with van der Waals surface area (Å²) in [4.78, 5) is 21.2. The van der Waals surface area contributed by atoms with Crippen molar-refractivity contribution < 1.29 is 19.4 Å². The summed E-state index contributed by atoms with van der Waals surface area (Å²) in [5.74, 6) is -1.15. The van der Waals surface area contributed by atoms with Crippen LogP contribution in [0.25, 0.3) is 0 Å². The first kappa shape index (κ1) is 28.4. The van der Waals surface area contributed by atoms with Crippen LogP contribution in [0.1, 0.15) is 90.9 Å². The van der Waals surface area contributed by atoms with Gasteiger partial charge in [-0.2, -0.15) is 0 Å². The summed E-state index contributed by atoms with van der Waals surface area (Å²) in [6.07, 6.45) is 13.2. The number of aliphatic carboxylic acids is 1. The quantitative estimate of drug-likeness (QED) is 0.115. The topological polar surface area (TPSA) is 152 Å². The molecule has 0 aromatic heterocycles. The van der Waals surface area contributed by atoms with E-state index in [0.29, 0.717) is 32.4 Å². The van der Waals surface area contributed by atoms with Gasteiger partial charge in [0, 0.05) is 13.0 Å². The number of esters is 1. The molecule has 0 rings (SSSR count). The number of carboxylic acids is 1. The normalized spacial score (nSPS) is 11.1. The lowest BCUT2D eigenvalue weighted by Crippen LogP contribution is -2.34. The van der Waals surface area contributed by atoms with Gasteiger partial charge in [-0.1, -0.05) is 58.3 Å². The third-order valence-electron chi connectivity index (χ3n) is 4.11. The van der Waals surface area contributed by atoms with Gasteiger partial charge in [0.2, 0.25) is 0 Å². The van der Waals surface area contributed by atoms with Crippen molar-refractivity contribution >= 4 is 17.9 Å². The van der Waals surface area contributed by atoms with E-state index in [1.165, 1.54) is 51.4 Å². The Hall–Kier alpha value is -1.83. The zero-order valence-corrected chi connectivity index (χ0v) is 17.8. The zero-order chi connectivity index (χ0) is 21.6. The molecule has 0 heterocycles. The molecule has 0 aliphatic rings. The summed E-state index contributed by atoms with van der Waals surface area (Å²) in [5, 5.41) is 17.7. The average molecular weight is 403 g/mol. The fraction of sp³-hybridized carbons (Fsp3) is 0.850. The highest BCUT2D eigenvalue weighted by molar-refractivity contribution is 5.74. The van der Waals surface area contributed by atoms with Gasteiger partial charge in [-0.25, -0.2) is 0 Å². The number of hydrogen-bond donors (Lipinski definition) is 5. The summed E-state index contributed by atoms with van der Waals surface area (Å²) >= 11 is 0. The molecule has 0 fully saturated rings. The van der Waals surface area contributed by atoms with Crippen molar-refractivity contribution in [3.63, 3.8) is 0 Å². The molecule has 8 nitrogen and oxygen atoms in total. The number of rotatable bonds is 16. The molecule has 0 radical (unpaired) electrons. The van der Waals surface area contributed by atoms with E-state index in [9.17, 15) is 9.59 Å². The van der Waals surface area contributed by atoms with Crippen LogP contribution >= 0.6 is 0 Å². The summed E-state index contributed by atoms with van der Waals surface area (Å²) in [6, 6.07) is -0.821. The van der Waals surface area contributed by atoms with E-state index in [1.807, 2.05) is 6.92 Å². The highest BCUT2D eigenvalue weighted by Crippen LogP contribution is 2.10. The number of unbranched alkanes of at least 4 members (excludes halogenated alkanes) is 8. The van der Waals surface area contributed by atoms with Crippen LogP contribution in [0.5, 0.6) is 0 Å². The van der Waals surface area contributed by atoms with Gasteiger partial charge < -0.3 is 26.6 Å². The van der Waals surface area contributed by atoms with Crippen molar-refractivity contribution in [2.75, 3.05) is 13.2 Å². The molecule has 0 saturated carbocycles. The number of carbonyl (C=O) groups excluding carboxylic acids is 1. The van der Waals surface area contributed by atoms with Crippen LogP contribution in [0.3, 0.4) is 0 Å². The molecule has 8 heteroatoms. The minimum atomic E-state index is -1.00. The zero-order valence-electron chi connectivity index (χ0n) is 17.8. The molecule has 0 aromatic rings. The second-order valence-corrected chi connectivity index (χ2v) is 6.81. The van der Waals surface area contributed by atoms with E-state index < -0.39 is 12.0 Å². The third kappa shape index (κ3) is 24.2. The largest absolute Gasteiger partial charge is 0.480 e. The molecule has 0 aromatic carbocycles. The second kappa shape index (κ2) is 21.5. The number of hydrogen-bond acceptors (Lipinski definition) is 5. The molecule has 0 spiro atoms. The SMILES string of the molecule is CCCCCCCCCCCC(=O)OCC.N=C(N)NCCCC(N)C(=O)O. The van der Waals surface area contributed by atoms with Crippen LogP contribution in [0.2, 0.25) is 0 Å². The molecular weight excluding hydrogens is 360 g/mol. The van der Waals surface area contributed by atoms with Crippen molar-refractivity contribution in [3.05, 3.63) is 0 Å². The van der Waals surface area contributed by atoms with E-state index in [-0.39, 0.29) is 11.9 Å². The van der Waals surface area contributed by atoms with Crippen LogP contribution in [-0.4, -0.2) is 42.2 Å². The summed E-state index contributed by atoms with van der Waals surface area (Å²) in [5.41, 5.74) is 10.2. The molecule has 0 saturated heterocycles. The fourth-order valence-electron chi connectivity index (χ4n) is 2.48. The van der Waals surface area contributed by atoms with Gasteiger partial charge in [-0.15, -0.1) is 0 Å². The van der Waals surface area contributed by atoms with E-state index in [4.69, 9.17) is 26.7 Å². The Labute approximate surface area is 170 Å². The number of nitrogens with two attached hydrogens (primary N) is 2. The second-order valence-electron chi connectivity index (χ2n) is 6.81. The van der Waals surface area contributed by atoms with Crippen molar-refractivity contribution in [2.45, 2.75) is 96.9 Å². The molecule has 0 aliphatic heterocycles. The third-order valence-corrected chi connectivity index (χ3v) is 4.11. The molecule has 28 heavy (non-hydrogen) atoms. The molecule has 0 aliphatic carbocycles. The highest BCUT2D eigenvalue weighted by Gasteiger charge is 2.09. The minimum absolute atomic E-state index is 0.0366. The van der Waals surface area contributed by atoms with Gasteiger partial charge >= 0.3 is 11.9 Å². The summed E-state index contributed by atoms with van der Waals surface area (Å²) < 4.78 is 4.87. The van der Waals surface area contributed by atoms with Crippen LogP contribution < -0.4 is 16.8 Å². The van der Waals surface area contributed by atoms with E-state index in [2.05, 4.69) is 12.2 Å². The number of carboxylic acid groups (broad SMARTS) is 1. The summed E-state index contributed by atoms with van der Waals surface area (Å²) in [7, 11) is 0. The summed E-state index contributed by atoms with van der Waals surface area (Å²) in [6.45, 7) is 5.09. The van der Waals surface area contributed by atoms with Gasteiger partial charge in [-0.05, 0) is 26.2 Å². The van der Waals surface area contributed by atoms with Crippen molar-refractivity contribution in [1.29, 1.82) is 5.41 Å². The lowest BCUT2D eigenvalue weighted by molar-refractivity contribution is -0.143. The first-order chi connectivity index (χ1) is 13.3. The average Bonchev–Trinajstić information content (AvgIpc) is 2.64. The number of guanidine groups is 1. The van der Waals surface area contributed by atoms with Crippen LogP contribution in [0.15, 0.2) is 0 Å². The highest BCUT2D eigenvalue weighted by atomic mass is 16.5. The molecule has 0 amide bonds. The number of ether oxygens (including phenoxy) is 1. The van der Waals surface area contributed by atoms with Crippen LogP contribution in [-0.2, 0) is 14.3 Å². The van der Waals surface area contributed by atoms with Gasteiger partial charge in [0.05, 0.1) is 6.61 Å². The Kier molecular flexibility index (Phi) is 21.8. The van der Waals surface area contributed by atoms with E-state index in [1.54, 1.807) is 0 Å². The maximum absolute atomic E-state index is 11.0. The lowest BCUT2D eigenvalue weighted by atomic mass is 10.1. The van der Waals surface area contributed by atoms with Crippen LogP contribution in [0, 0.1) is 5.41 Å². The van der Waals surface area contributed by atoms with E-state index in [0.717, 1.165) is 6.42 Å². The molecule has 1 atom stereocenters. The number of nitrogens with one attached hydrogen (secondary N) is 2. The Morgan fingerprint density at radius 3 is 2.00 bits per heavy atom. The predicted octanol–water partition coefficient (Wildman–Crippen LogP) is 3.13. The van der Waals surface area contributed by atoms with Crippen molar-refractivity contribution in [2.24, 2.45) is 11.5 Å². The Morgan fingerprint density at radius 1 is 1.00 bits per heavy atom. The predicted molar refractivity (Wildman–Crippen MR) is 113 cm³/mol. The Balaban J connectivity index is 0. The number of carbonyl (C=O) groups is 2. The van der Waals surface area contributed by atoms with Crippen molar-refractivity contribution in [1.82, 2.24) is 5.32 Å². The molecule has 166 valence electrons. The van der Waals surface area contributed by atoms with Gasteiger partial charge in [-0.3, -0.25) is 15.0 Å². The molecule has 0 bridgehead atoms. The van der Waals surface area contributed by atoms with Crippen molar-refractivity contribution in [3.8, 4) is 0 Å². The van der Waals surface area contributed by atoms with Gasteiger partial charge in [0.25, 0.3) is 0 Å². The maximum Gasteiger partial charge on any atom is 0.320 e. The smallest absolute Gasteiger partial charge is 0.320 e. The maximum atomic E-state index is 11.0. The molecular formula is C20H42N4O4. The lowest BCUT2D eigenvalue weighted by Gasteiger charge is -2.06. The van der Waals surface area contributed by atoms with Gasteiger partial charge in [0.15, 0.2) is 5.96 Å². The fourth-order valence-corrected chi connectivity index (χ4v) is 2.48. The monoisotopic (exact) mass is 402 g/mol. The minimum Gasteiger partial charge on any atom is -0.480 e. The van der Waals surface area contributed by atoms with Crippen LogP contribution in [0.4, 0.5) is 0 Å². The first-order valence-corrected chi connectivity index (χ1v) is 10.6. The van der Waals surface area contributed by atoms with Gasteiger partial charge in [0.1, 0.15) is 6.04 Å². The molecule has 7 N–H and O–H groups in total.